The van der Waals surface area contributed by atoms with E-state index in [0.29, 0.717) is 23.1 Å². The minimum atomic E-state index is 0.497. The van der Waals surface area contributed by atoms with Crippen molar-refractivity contribution in [1.29, 1.82) is 5.26 Å². The van der Waals surface area contributed by atoms with E-state index in [2.05, 4.69) is 16.4 Å². The van der Waals surface area contributed by atoms with E-state index in [0.717, 1.165) is 11.8 Å². The van der Waals surface area contributed by atoms with E-state index in [1.807, 2.05) is 0 Å². The van der Waals surface area contributed by atoms with Crippen molar-refractivity contribution >= 4 is 11.5 Å². The Kier molecular flexibility index (Phi) is 2.40. The lowest BCUT2D eigenvalue weighted by Gasteiger charge is -2.23. The third kappa shape index (κ3) is 1.82. The first kappa shape index (κ1) is 10.4. The number of nitrogen functional groups attached to an aromatic ring is 1. The molecule has 3 unspecified atom stereocenters. The molecule has 1 heterocycles. The number of anilines is 2. The molecule has 3 rings (SSSR count). The Balaban J connectivity index is 1.79. The SMILES string of the molecule is N#Cc1cc(N)cnc1NC1CC2CCC1C2. The second-order valence-corrected chi connectivity index (χ2v) is 5.20. The Labute approximate surface area is 101 Å². The molecule has 2 fully saturated rings. The number of pyridine rings is 1. The average molecular weight is 228 g/mol. The smallest absolute Gasteiger partial charge is 0.144 e. The fourth-order valence-electron chi connectivity index (χ4n) is 3.28. The van der Waals surface area contributed by atoms with Crippen LogP contribution in [0.25, 0.3) is 0 Å². The van der Waals surface area contributed by atoms with Crippen LogP contribution in [0.15, 0.2) is 12.3 Å². The van der Waals surface area contributed by atoms with Gasteiger partial charge in [-0.3, -0.25) is 0 Å². The van der Waals surface area contributed by atoms with Gasteiger partial charge < -0.3 is 11.1 Å². The quantitative estimate of drug-likeness (QED) is 0.813. The molecule has 0 saturated heterocycles. The van der Waals surface area contributed by atoms with Gasteiger partial charge in [0.2, 0.25) is 0 Å². The zero-order valence-electron chi connectivity index (χ0n) is 9.69. The van der Waals surface area contributed by atoms with Gasteiger partial charge in [-0.2, -0.15) is 5.26 Å². The van der Waals surface area contributed by atoms with Crippen molar-refractivity contribution in [3.8, 4) is 6.07 Å². The number of nitriles is 1. The van der Waals surface area contributed by atoms with Crippen LogP contribution < -0.4 is 11.1 Å². The summed E-state index contributed by atoms with van der Waals surface area (Å²) in [5.41, 5.74) is 6.72. The highest BCUT2D eigenvalue weighted by molar-refractivity contribution is 5.57. The maximum atomic E-state index is 9.06. The lowest BCUT2D eigenvalue weighted by atomic mass is 9.95. The summed E-state index contributed by atoms with van der Waals surface area (Å²) in [6.07, 6.45) is 6.87. The van der Waals surface area contributed by atoms with Gasteiger partial charge in [-0.15, -0.1) is 0 Å². The number of hydrogen-bond acceptors (Lipinski definition) is 4. The van der Waals surface area contributed by atoms with E-state index in [1.54, 1.807) is 12.3 Å². The maximum Gasteiger partial charge on any atom is 0.144 e. The van der Waals surface area contributed by atoms with Crippen LogP contribution in [0.4, 0.5) is 11.5 Å². The molecule has 2 aliphatic carbocycles. The van der Waals surface area contributed by atoms with Gasteiger partial charge in [0.25, 0.3) is 0 Å². The third-order valence-corrected chi connectivity index (χ3v) is 4.09. The van der Waals surface area contributed by atoms with Crippen LogP contribution >= 0.6 is 0 Å². The van der Waals surface area contributed by atoms with E-state index in [9.17, 15) is 0 Å². The lowest BCUT2D eigenvalue weighted by molar-refractivity contribution is 0.439. The number of nitrogens with one attached hydrogen (secondary N) is 1. The molecule has 0 spiro atoms. The predicted octanol–water partition coefficient (Wildman–Crippen LogP) is 2.14. The van der Waals surface area contributed by atoms with Gasteiger partial charge in [-0.1, -0.05) is 6.42 Å². The summed E-state index contributed by atoms with van der Waals surface area (Å²) in [5.74, 6) is 2.35. The Bertz CT molecular complexity index is 477. The first-order chi connectivity index (χ1) is 8.26. The summed E-state index contributed by atoms with van der Waals surface area (Å²) in [6.45, 7) is 0. The van der Waals surface area contributed by atoms with Crippen LogP contribution in [0.3, 0.4) is 0 Å². The van der Waals surface area contributed by atoms with Crippen LogP contribution in [0.2, 0.25) is 0 Å². The molecule has 17 heavy (non-hydrogen) atoms. The fraction of sp³-hybridized carbons (Fsp3) is 0.538. The van der Waals surface area contributed by atoms with Gasteiger partial charge in [0, 0.05) is 6.04 Å². The molecule has 1 aromatic heterocycles. The zero-order valence-corrected chi connectivity index (χ0v) is 9.69. The Hall–Kier alpha value is -1.76. The molecule has 88 valence electrons. The van der Waals surface area contributed by atoms with Gasteiger partial charge in [0.1, 0.15) is 11.9 Å². The largest absolute Gasteiger partial charge is 0.397 e. The van der Waals surface area contributed by atoms with E-state index in [-0.39, 0.29) is 0 Å². The van der Waals surface area contributed by atoms with Crippen LogP contribution in [0, 0.1) is 23.2 Å². The highest BCUT2D eigenvalue weighted by Crippen LogP contribution is 2.45. The third-order valence-electron chi connectivity index (χ3n) is 4.09. The Morgan fingerprint density at radius 3 is 2.94 bits per heavy atom. The van der Waals surface area contributed by atoms with Crippen LogP contribution in [0.5, 0.6) is 0 Å². The van der Waals surface area contributed by atoms with Gasteiger partial charge in [0.05, 0.1) is 17.4 Å². The summed E-state index contributed by atoms with van der Waals surface area (Å²) >= 11 is 0. The summed E-state index contributed by atoms with van der Waals surface area (Å²) in [7, 11) is 0. The van der Waals surface area contributed by atoms with Crippen LogP contribution in [-0.2, 0) is 0 Å². The first-order valence-corrected chi connectivity index (χ1v) is 6.18. The summed E-state index contributed by atoms with van der Waals surface area (Å²) < 4.78 is 0. The molecule has 4 nitrogen and oxygen atoms in total. The topological polar surface area (TPSA) is 74.7 Å². The molecule has 1 aromatic rings. The first-order valence-electron chi connectivity index (χ1n) is 6.18. The van der Waals surface area contributed by atoms with Crippen molar-refractivity contribution in [2.45, 2.75) is 31.7 Å². The highest BCUT2D eigenvalue weighted by Gasteiger charge is 2.39. The maximum absolute atomic E-state index is 9.06. The standard InChI is InChI=1S/C13H16N4/c14-6-10-5-11(15)7-16-13(10)17-12-4-8-1-2-9(12)3-8/h5,7-9,12H,1-4,15H2,(H,16,17). The number of fused-ring (bicyclic) bond motifs is 2. The zero-order chi connectivity index (χ0) is 11.8. The lowest BCUT2D eigenvalue weighted by Crippen LogP contribution is -2.26. The van der Waals surface area contributed by atoms with Crippen molar-refractivity contribution in [2.24, 2.45) is 11.8 Å². The summed E-state index contributed by atoms with van der Waals surface area (Å²) in [6, 6.07) is 4.33. The predicted molar refractivity (Wildman–Crippen MR) is 66.2 cm³/mol. The molecule has 0 aliphatic heterocycles. The van der Waals surface area contributed by atoms with E-state index < -0.39 is 0 Å². The van der Waals surface area contributed by atoms with Crippen molar-refractivity contribution < 1.29 is 0 Å². The van der Waals surface area contributed by atoms with Gasteiger partial charge in [-0.25, -0.2) is 4.98 Å². The second-order valence-electron chi connectivity index (χ2n) is 5.20. The molecular weight excluding hydrogens is 212 g/mol. The molecule has 3 N–H and O–H groups in total. The van der Waals surface area contributed by atoms with E-state index in [4.69, 9.17) is 11.0 Å². The molecule has 2 aliphatic rings. The van der Waals surface area contributed by atoms with E-state index >= 15 is 0 Å². The van der Waals surface area contributed by atoms with Crippen LogP contribution in [0.1, 0.15) is 31.2 Å². The van der Waals surface area contributed by atoms with Crippen molar-refractivity contribution in [1.82, 2.24) is 4.98 Å². The van der Waals surface area contributed by atoms with Gasteiger partial charge in [-0.05, 0) is 37.2 Å². The van der Waals surface area contributed by atoms with E-state index in [1.165, 1.54) is 25.7 Å². The number of nitrogens with zero attached hydrogens (tertiary/aromatic N) is 2. The van der Waals surface area contributed by atoms with Gasteiger partial charge in [0.15, 0.2) is 0 Å². The molecule has 0 aromatic carbocycles. The number of aromatic nitrogens is 1. The molecule has 0 radical (unpaired) electrons. The molecule has 0 amide bonds. The minimum Gasteiger partial charge on any atom is -0.397 e. The molecule has 4 heteroatoms. The number of hydrogen-bond donors (Lipinski definition) is 2. The molecular formula is C13H16N4. The molecule has 2 bridgehead atoms. The highest BCUT2D eigenvalue weighted by atomic mass is 15.0. The summed E-state index contributed by atoms with van der Waals surface area (Å²) in [5, 5.41) is 12.5. The average Bonchev–Trinajstić information content (AvgIpc) is 2.93. The van der Waals surface area contributed by atoms with Crippen molar-refractivity contribution in [2.75, 3.05) is 11.1 Å². The summed E-state index contributed by atoms with van der Waals surface area (Å²) in [4.78, 5) is 4.24. The number of nitrogens with two attached hydrogens (primary N) is 1. The monoisotopic (exact) mass is 228 g/mol. The fourth-order valence-corrected chi connectivity index (χ4v) is 3.28. The Morgan fingerprint density at radius 2 is 2.29 bits per heavy atom. The minimum absolute atomic E-state index is 0.497. The van der Waals surface area contributed by atoms with Crippen LogP contribution in [-0.4, -0.2) is 11.0 Å². The molecule has 3 atom stereocenters. The van der Waals surface area contributed by atoms with Crippen molar-refractivity contribution in [3.63, 3.8) is 0 Å². The molecule has 2 saturated carbocycles. The number of rotatable bonds is 2. The normalized spacial score (nSPS) is 30.2. The second kappa shape index (κ2) is 3.92. The van der Waals surface area contributed by atoms with Gasteiger partial charge >= 0.3 is 0 Å². The van der Waals surface area contributed by atoms with Crippen molar-refractivity contribution in [3.05, 3.63) is 17.8 Å². The Morgan fingerprint density at radius 1 is 1.41 bits per heavy atom.